The number of nitrogens with one attached hydrogen (secondary N) is 1. The third kappa shape index (κ3) is 12.8. The number of fused-ring (bicyclic) bond motifs is 1. The molecule has 0 aliphatic rings. The average molecular weight is 666 g/mol. The zero-order chi connectivity index (χ0) is 34.8. The van der Waals surface area contributed by atoms with Gasteiger partial charge in [-0.25, -0.2) is 9.78 Å². The van der Waals surface area contributed by atoms with Crippen molar-refractivity contribution in [1.29, 1.82) is 0 Å². The monoisotopic (exact) mass is 665 g/mol. The van der Waals surface area contributed by atoms with E-state index in [-0.39, 0.29) is 44.4 Å². The third-order valence-electron chi connectivity index (χ3n) is 8.30. The van der Waals surface area contributed by atoms with E-state index in [0.29, 0.717) is 5.52 Å². The Morgan fingerprint density at radius 2 is 1.49 bits per heavy atom. The number of benzene rings is 3. The van der Waals surface area contributed by atoms with Gasteiger partial charge in [-0.1, -0.05) is 111 Å². The number of nitrogens with two attached hydrogens (primary N) is 1. The predicted octanol–water partition coefficient (Wildman–Crippen LogP) is 6.79. The fraction of sp³-hybridized carbons (Fsp3) is 0.375. The van der Waals surface area contributed by atoms with Crippen molar-refractivity contribution in [2.45, 2.75) is 96.3 Å². The summed E-state index contributed by atoms with van der Waals surface area (Å²) >= 11 is 0. The van der Waals surface area contributed by atoms with Gasteiger partial charge in [0.05, 0.1) is 11.9 Å². The van der Waals surface area contributed by atoms with E-state index in [1.165, 1.54) is 31.2 Å². The Kier molecular flexibility index (Phi) is 14.8. The molecule has 9 nitrogen and oxygen atoms in total. The summed E-state index contributed by atoms with van der Waals surface area (Å²) in [6.45, 7) is 2.35. The van der Waals surface area contributed by atoms with Gasteiger partial charge in [-0.3, -0.25) is 14.4 Å². The van der Waals surface area contributed by atoms with Gasteiger partial charge in [-0.05, 0) is 54.5 Å². The van der Waals surface area contributed by atoms with E-state index in [1.807, 2.05) is 60.7 Å². The molecule has 0 aliphatic heterocycles. The van der Waals surface area contributed by atoms with Gasteiger partial charge in [0.2, 0.25) is 5.91 Å². The molecule has 9 heteroatoms. The second kappa shape index (κ2) is 19.7. The second-order valence-corrected chi connectivity index (χ2v) is 12.4. The molecule has 1 heterocycles. The van der Waals surface area contributed by atoms with Crippen molar-refractivity contribution >= 4 is 34.7 Å². The summed E-state index contributed by atoms with van der Waals surface area (Å²) in [6, 6.07) is 27.1. The molecule has 258 valence electrons. The van der Waals surface area contributed by atoms with Crippen molar-refractivity contribution < 1.29 is 28.7 Å². The van der Waals surface area contributed by atoms with Crippen LogP contribution < -0.4 is 11.1 Å². The molecule has 2 amide bonds. The Balaban J connectivity index is 1.40. The number of aryl methyl sites for hydroxylation is 1. The van der Waals surface area contributed by atoms with E-state index < -0.39 is 35.9 Å². The maximum atomic E-state index is 13.6. The number of pyridine rings is 1. The Bertz CT molecular complexity index is 1660. The molecule has 0 aliphatic carbocycles. The number of amides is 2. The number of nitrogens with zero attached hydrogens (tertiary/aromatic N) is 1. The number of hydrogen-bond acceptors (Lipinski definition) is 7. The number of ether oxygens (including phenoxy) is 2. The number of rotatable bonds is 20. The second-order valence-electron chi connectivity index (χ2n) is 12.4. The molecule has 4 rings (SSSR count). The maximum Gasteiger partial charge on any atom is 0.328 e. The lowest BCUT2D eigenvalue weighted by Crippen LogP contribution is -2.44. The molecule has 2 atom stereocenters. The Labute approximate surface area is 288 Å². The highest BCUT2D eigenvalue weighted by molar-refractivity contribution is 5.97. The minimum absolute atomic E-state index is 0.0381. The lowest BCUT2D eigenvalue weighted by atomic mass is 10.0. The first-order valence-corrected chi connectivity index (χ1v) is 17.2. The third-order valence-corrected chi connectivity index (χ3v) is 8.30. The topological polar surface area (TPSA) is 138 Å². The summed E-state index contributed by atoms with van der Waals surface area (Å²) in [5, 5.41) is 3.62. The van der Waals surface area contributed by atoms with Gasteiger partial charge in [0.15, 0.2) is 0 Å². The van der Waals surface area contributed by atoms with E-state index in [1.54, 1.807) is 18.2 Å². The number of aromatic nitrogens is 1. The van der Waals surface area contributed by atoms with E-state index in [9.17, 15) is 19.2 Å². The lowest BCUT2D eigenvalue weighted by Gasteiger charge is -2.22. The number of primary amides is 1. The largest absolute Gasteiger partial charge is 0.461 e. The highest BCUT2D eigenvalue weighted by Crippen LogP contribution is 2.17. The summed E-state index contributed by atoms with van der Waals surface area (Å²) in [5.74, 6) is -2.31. The van der Waals surface area contributed by atoms with Gasteiger partial charge in [0, 0.05) is 18.2 Å². The van der Waals surface area contributed by atoms with Crippen LogP contribution in [0, 0.1) is 0 Å². The minimum atomic E-state index is -1.10. The van der Waals surface area contributed by atoms with Gasteiger partial charge in [-0.2, -0.15) is 0 Å². The summed E-state index contributed by atoms with van der Waals surface area (Å²) in [4.78, 5) is 55.8. The van der Waals surface area contributed by atoms with Crippen LogP contribution in [-0.2, 0) is 43.3 Å². The van der Waals surface area contributed by atoms with Crippen molar-refractivity contribution in [3.63, 3.8) is 0 Å². The lowest BCUT2D eigenvalue weighted by molar-refractivity contribution is -0.153. The molecule has 3 N–H and O–H groups in total. The van der Waals surface area contributed by atoms with Crippen LogP contribution in [0.2, 0.25) is 0 Å². The maximum absolute atomic E-state index is 13.6. The van der Waals surface area contributed by atoms with Crippen LogP contribution in [0.4, 0.5) is 0 Å². The molecule has 0 unspecified atom stereocenters. The molecule has 4 aromatic rings. The normalized spacial score (nSPS) is 12.2. The number of para-hydroxylation sites is 1. The van der Waals surface area contributed by atoms with Crippen molar-refractivity contribution in [3.8, 4) is 0 Å². The average Bonchev–Trinajstić information content (AvgIpc) is 3.10. The van der Waals surface area contributed by atoms with Crippen LogP contribution in [0.1, 0.15) is 91.9 Å². The van der Waals surface area contributed by atoms with Crippen LogP contribution in [-0.4, -0.2) is 40.9 Å². The number of esters is 2. The highest BCUT2D eigenvalue weighted by atomic mass is 16.5. The van der Waals surface area contributed by atoms with Gasteiger partial charge in [0.25, 0.3) is 5.91 Å². The highest BCUT2D eigenvalue weighted by Gasteiger charge is 2.27. The molecular formula is C40H47N3O6. The van der Waals surface area contributed by atoms with Crippen LogP contribution >= 0.6 is 0 Å². The van der Waals surface area contributed by atoms with Crippen LogP contribution in [0.15, 0.2) is 91.0 Å². The Morgan fingerprint density at radius 3 is 2.24 bits per heavy atom. The van der Waals surface area contributed by atoms with E-state index in [0.717, 1.165) is 29.4 Å². The Hall–Kier alpha value is -5.05. The first kappa shape index (κ1) is 36.8. The first-order valence-electron chi connectivity index (χ1n) is 17.2. The SMILES string of the molecule is CCCCCCCc1ccc(C[C@@H](CC(N)=O)OC(=O)[C@H](CCCC(=O)OCc2ccccc2)NC(=O)c2ccc3ccccc3n2)cc1. The van der Waals surface area contributed by atoms with Gasteiger partial charge < -0.3 is 20.5 Å². The van der Waals surface area contributed by atoms with Crippen molar-refractivity contribution in [1.82, 2.24) is 10.3 Å². The fourth-order valence-corrected chi connectivity index (χ4v) is 5.60. The smallest absolute Gasteiger partial charge is 0.328 e. The summed E-state index contributed by atoms with van der Waals surface area (Å²) < 4.78 is 11.2. The zero-order valence-electron chi connectivity index (χ0n) is 28.3. The fourth-order valence-electron chi connectivity index (χ4n) is 5.60. The Morgan fingerprint density at radius 1 is 0.776 bits per heavy atom. The molecule has 0 fully saturated rings. The molecule has 3 aromatic carbocycles. The number of carbonyl (C=O) groups excluding carboxylic acids is 4. The first-order chi connectivity index (χ1) is 23.8. The minimum Gasteiger partial charge on any atom is -0.461 e. The molecule has 0 radical (unpaired) electrons. The van der Waals surface area contributed by atoms with Gasteiger partial charge in [-0.15, -0.1) is 0 Å². The number of unbranched alkanes of at least 4 members (excludes halogenated alkanes) is 4. The van der Waals surface area contributed by atoms with Crippen molar-refractivity contribution in [2.24, 2.45) is 5.73 Å². The van der Waals surface area contributed by atoms with Gasteiger partial charge in [0.1, 0.15) is 24.4 Å². The summed E-state index contributed by atoms with van der Waals surface area (Å²) in [6.07, 6.45) is 6.71. The van der Waals surface area contributed by atoms with Crippen LogP contribution in [0.3, 0.4) is 0 Å². The standard InChI is InChI=1S/C40H47N3O6/c1-2-3-4-5-7-13-29-20-22-30(23-21-29)26-33(27-37(41)44)49-40(47)36(18-12-19-38(45)48-28-31-14-8-6-9-15-31)43-39(46)35-25-24-32-16-10-11-17-34(32)42-35/h6,8-11,14-17,20-25,33,36H,2-5,7,12-13,18-19,26-28H2,1H3,(H2,41,44)(H,43,46)/t33-,36-/m0/s1. The van der Waals surface area contributed by atoms with Crippen LogP contribution in [0.5, 0.6) is 0 Å². The molecule has 0 saturated heterocycles. The van der Waals surface area contributed by atoms with Gasteiger partial charge >= 0.3 is 11.9 Å². The van der Waals surface area contributed by atoms with Crippen molar-refractivity contribution in [3.05, 3.63) is 113 Å². The van der Waals surface area contributed by atoms with Crippen molar-refractivity contribution in [2.75, 3.05) is 0 Å². The van der Waals surface area contributed by atoms with Crippen LogP contribution in [0.25, 0.3) is 10.9 Å². The molecule has 0 saturated carbocycles. The van der Waals surface area contributed by atoms with E-state index in [2.05, 4.69) is 29.4 Å². The summed E-state index contributed by atoms with van der Waals surface area (Å²) in [5.41, 5.74) is 9.31. The zero-order valence-corrected chi connectivity index (χ0v) is 28.3. The predicted molar refractivity (Wildman–Crippen MR) is 189 cm³/mol. The number of hydrogen-bond donors (Lipinski definition) is 2. The molecule has 0 spiro atoms. The molecule has 1 aromatic heterocycles. The summed E-state index contributed by atoms with van der Waals surface area (Å²) in [7, 11) is 0. The molecule has 49 heavy (non-hydrogen) atoms. The molecule has 0 bridgehead atoms. The van der Waals surface area contributed by atoms with E-state index >= 15 is 0 Å². The number of carbonyl (C=O) groups is 4. The quantitative estimate of drug-likeness (QED) is 0.0783. The molecular weight excluding hydrogens is 618 g/mol. The van der Waals surface area contributed by atoms with E-state index in [4.69, 9.17) is 15.2 Å².